The van der Waals surface area contributed by atoms with Gasteiger partial charge in [-0.2, -0.15) is 0 Å². The number of ether oxygens (including phenoxy) is 4. The van der Waals surface area contributed by atoms with Crippen LogP contribution in [0, 0.1) is 0 Å². The maximum Gasteiger partial charge on any atom is 0.182 e. The Morgan fingerprint density at radius 2 is 0.673 bits per heavy atom. The molecule has 4 aromatic rings. The minimum Gasteiger partial charge on any atom is -0.508 e. The summed E-state index contributed by atoms with van der Waals surface area (Å²) < 4.78 is 20.0. The monoisotopic (exact) mass is 842 g/mol. The molecule has 6 N–H and O–H groups in total. The van der Waals surface area contributed by atoms with Gasteiger partial charge in [-0.05, 0) is 95.1 Å². The molecule has 12 nitrogen and oxygen atoms in total. The molecule has 0 aliphatic rings. The molecule has 0 spiro atoms. The van der Waals surface area contributed by atoms with E-state index in [1.165, 1.54) is 77.0 Å². The van der Waals surface area contributed by atoms with E-state index in [0.29, 0.717) is 45.3 Å². The number of phenols is 4. The number of aliphatic hydroxyl groups is 2. The van der Waals surface area contributed by atoms with Gasteiger partial charge in [-0.3, -0.25) is 9.59 Å². The molecule has 0 unspecified atom stereocenters. The fraction of sp³-hybridized carbons (Fsp3) is 0.0952. The molecule has 0 atom stereocenters. The van der Waals surface area contributed by atoms with Gasteiger partial charge in [0, 0.05) is 32.6 Å². The number of phenolic OH excluding ortho intramolecular Hbond substituents is 4. The minimum atomic E-state index is -0.410. The quantitative estimate of drug-likeness (QED) is 0.0314. The summed E-state index contributed by atoms with van der Waals surface area (Å²) in [5.74, 6) is 0.00327. The standard InChI is InChI=1S/2C21H20O6.Pd/c2*1-26-20-11-14(5-9-18(20)24)3-7-16(22)13-17(23)8-4-15-6-10-19(25)21(12-15)27-2;/h2*3-13,22,24-25H,1-2H3;/b2*7-3+,8-4+,16-13-;. The van der Waals surface area contributed by atoms with Gasteiger partial charge in [-0.1, -0.05) is 48.6 Å². The van der Waals surface area contributed by atoms with E-state index in [0.717, 1.165) is 12.2 Å². The average molecular weight is 843 g/mol. The second kappa shape index (κ2) is 22.4. The third-order valence-corrected chi connectivity index (χ3v) is 7.17. The number of benzene rings is 4. The van der Waals surface area contributed by atoms with Gasteiger partial charge in [0.25, 0.3) is 0 Å². The van der Waals surface area contributed by atoms with Crippen molar-refractivity contribution in [3.63, 3.8) is 0 Å². The zero-order valence-corrected chi connectivity index (χ0v) is 31.7. The van der Waals surface area contributed by atoms with Crippen LogP contribution in [0.25, 0.3) is 24.3 Å². The Morgan fingerprint density at radius 3 is 0.909 bits per heavy atom. The predicted octanol–water partition coefficient (Wildman–Crippen LogP) is 7.70. The van der Waals surface area contributed by atoms with Crippen LogP contribution in [0.15, 0.2) is 121 Å². The Bertz CT molecular complexity index is 1980. The largest absolute Gasteiger partial charge is 0.508 e. The molecular formula is C42H40O12Pd. The summed E-state index contributed by atoms with van der Waals surface area (Å²) in [6.45, 7) is 0. The van der Waals surface area contributed by atoms with Crippen molar-refractivity contribution in [3.05, 3.63) is 143 Å². The van der Waals surface area contributed by atoms with Crippen molar-refractivity contribution in [1.82, 2.24) is 0 Å². The molecule has 0 bridgehead atoms. The molecule has 0 amide bonds. The van der Waals surface area contributed by atoms with Gasteiger partial charge in [0.2, 0.25) is 0 Å². The van der Waals surface area contributed by atoms with Crippen molar-refractivity contribution >= 4 is 35.9 Å². The summed E-state index contributed by atoms with van der Waals surface area (Å²) in [7, 11) is 5.75. The number of aliphatic hydroxyl groups excluding tert-OH is 2. The number of carbonyl (C=O) groups is 2. The van der Waals surface area contributed by atoms with Crippen LogP contribution in [0.4, 0.5) is 0 Å². The maximum absolute atomic E-state index is 11.9. The van der Waals surface area contributed by atoms with Gasteiger partial charge in [-0.25, -0.2) is 0 Å². The number of allylic oxidation sites excluding steroid dienone is 6. The number of ketones is 2. The van der Waals surface area contributed by atoms with E-state index in [2.05, 4.69) is 0 Å². The Labute approximate surface area is 331 Å². The average Bonchev–Trinajstić information content (AvgIpc) is 3.16. The van der Waals surface area contributed by atoms with E-state index in [9.17, 15) is 40.2 Å². The number of rotatable bonds is 14. The third kappa shape index (κ3) is 14.7. The number of methoxy groups -OCH3 is 4. The SMILES string of the molecule is COc1cc(/C=C/C(=O)/C=C(O)/C=C/c2ccc(O)c(OC)c2)ccc1O.COc1cc(/C=C/C(=O)/C=C(O)/C=C/c2ccc(O)c(OC)c2)ccc1O.[Pd]. The molecule has 13 heteroatoms. The smallest absolute Gasteiger partial charge is 0.182 e. The van der Waals surface area contributed by atoms with Gasteiger partial charge >= 0.3 is 0 Å². The molecule has 290 valence electrons. The number of hydrogen-bond donors (Lipinski definition) is 6. The first-order chi connectivity index (χ1) is 25.8. The Kier molecular flexibility index (Phi) is 18.1. The van der Waals surface area contributed by atoms with Crippen LogP contribution in [-0.4, -0.2) is 70.6 Å². The van der Waals surface area contributed by atoms with Crippen molar-refractivity contribution in [2.24, 2.45) is 0 Å². The molecule has 0 aliphatic carbocycles. The molecule has 55 heavy (non-hydrogen) atoms. The van der Waals surface area contributed by atoms with Crippen molar-refractivity contribution in [1.29, 1.82) is 0 Å². The molecule has 0 aliphatic heterocycles. The molecule has 4 aromatic carbocycles. The van der Waals surface area contributed by atoms with Crippen LogP contribution in [0.3, 0.4) is 0 Å². The van der Waals surface area contributed by atoms with E-state index < -0.39 is 11.6 Å². The van der Waals surface area contributed by atoms with E-state index in [4.69, 9.17) is 18.9 Å². The molecule has 0 fully saturated rings. The molecule has 0 heterocycles. The zero-order valence-electron chi connectivity index (χ0n) is 30.2. The van der Waals surface area contributed by atoms with Crippen LogP contribution in [0.1, 0.15) is 22.3 Å². The van der Waals surface area contributed by atoms with Crippen LogP contribution in [0.2, 0.25) is 0 Å². The first kappa shape index (κ1) is 44.5. The molecule has 0 saturated carbocycles. The number of aromatic hydroxyl groups is 4. The second-order valence-electron chi connectivity index (χ2n) is 11.0. The summed E-state index contributed by atoms with van der Waals surface area (Å²) >= 11 is 0. The number of carbonyl (C=O) groups excluding carboxylic acids is 2. The molecule has 4 rings (SSSR count). The topological polar surface area (TPSA) is 192 Å². The normalized spacial score (nSPS) is 11.6. The summed E-state index contributed by atoms with van der Waals surface area (Å²) in [5, 5.41) is 57.9. The van der Waals surface area contributed by atoms with Crippen LogP contribution >= 0.6 is 0 Å². The van der Waals surface area contributed by atoms with Gasteiger partial charge < -0.3 is 49.6 Å². The molecule has 0 radical (unpaired) electrons. The van der Waals surface area contributed by atoms with Crippen molar-refractivity contribution < 1.29 is 79.6 Å². The van der Waals surface area contributed by atoms with E-state index in [-0.39, 0.29) is 54.9 Å². The Morgan fingerprint density at radius 1 is 0.436 bits per heavy atom. The van der Waals surface area contributed by atoms with E-state index >= 15 is 0 Å². The van der Waals surface area contributed by atoms with Gasteiger partial charge in [-0.15, -0.1) is 0 Å². The van der Waals surface area contributed by atoms with Crippen LogP contribution in [0.5, 0.6) is 46.0 Å². The van der Waals surface area contributed by atoms with E-state index in [1.807, 2.05) is 0 Å². The number of hydrogen-bond acceptors (Lipinski definition) is 12. The first-order valence-electron chi connectivity index (χ1n) is 15.9. The van der Waals surface area contributed by atoms with Gasteiger partial charge in [0.1, 0.15) is 11.5 Å². The van der Waals surface area contributed by atoms with Crippen molar-refractivity contribution in [2.75, 3.05) is 28.4 Å². The second-order valence-corrected chi connectivity index (χ2v) is 11.0. The van der Waals surface area contributed by atoms with Gasteiger partial charge in [0.15, 0.2) is 57.6 Å². The summed E-state index contributed by atoms with van der Waals surface area (Å²) in [6.07, 6.45) is 13.7. The third-order valence-electron chi connectivity index (χ3n) is 7.17. The predicted molar refractivity (Wildman–Crippen MR) is 206 cm³/mol. The van der Waals surface area contributed by atoms with Crippen LogP contribution in [-0.2, 0) is 30.0 Å². The van der Waals surface area contributed by atoms with E-state index in [1.54, 1.807) is 72.8 Å². The molecule has 0 saturated heterocycles. The first-order valence-corrected chi connectivity index (χ1v) is 15.9. The van der Waals surface area contributed by atoms with Gasteiger partial charge in [0.05, 0.1) is 28.4 Å². The Balaban J connectivity index is 0.000000373. The fourth-order valence-corrected chi connectivity index (χ4v) is 4.40. The van der Waals surface area contributed by atoms with Crippen molar-refractivity contribution in [3.8, 4) is 46.0 Å². The zero-order chi connectivity index (χ0) is 39.6. The summed E-state index contributed by atoms with van der Waals surface area (Å²) in [5.41, 5.74) is 2.70. The molecular weight excluding hydrogens is 803 g/mol. The fourth-order valence-electron chi connectivity index (χ4n) is 4.40. The minimum absolute atomic E-state index is 0. The summed E-state index contributed by atoms with van der Waals surface area (Å²) in [4.78, 5) is 23.8. The van der Waals surface area contributed by atoms with Crippen LogP contribution < -0.4 is 18.9 Å². The summed E-state index contributed by atoms with van der Waals surface area (Å²) in [6, 6.07) is 18.8. The van der Waals surface area contributed by atoms with Crippen molar-refractivity contribution in [2.45, 2.75) is 0 Å². The maximum atomic E-state index is 11.9. The Hall–Kier alpha value is -6.68. The molecule has 0 aromatic heterocycles.